The van der Waals surface area contributed by atoms with Gasteiger partial charge in [-0.3, -0.25) is 9.59 Å². The summed E-state index contributed by atoms with van der Waals surface area (Å²) < 4.78 is 4.93. The van der Waals surface area contributed by atoms with E-state index in [1.165, 1.54) is 18.2 Å². The van der Waals surface area contributed by atoms with E-state index in [4.69, 9.17) is 4.74 Å². The summed E-state index contributed by atoms with van der Waals surface area (Å²) >= 11 is 0. The van der Waals surface area contributed by atoms with Gasteiger partial charge in [0.1, 0.15) is 0 Å². The van der Waals surface area contributed by atoms with E-state index in [9.17, 15) is 14.4 Å². The zero-order valence-electron chi connectivity index (χ0n) is 22.5. The molecule has 1 aliphatic heterocycles. The standard InChI is InChI=1S/C33H34N2O4/c1-20-15-27(20)32(37)35-14-13-26-25(22-9-6-10-23(16-22)33(38)39-2)12-11-24(30(26)19-35)18-34-31(36)29-17-28(29)21-7-4-3-5-8-21/h3-12,16,20,27-29H,13-15,17-19H2,1-2H3,(H,34,36)/t20?,27?,28-,29-/m0/s1. The number of benzene rings is 3. The Hall–Kier alpha value is -3.93. The van der Waals surface area contributed by atoms with Crippen LogP contribution < -0.4 is 5.32 Å². The van der Waals surface area contributed by atoms with Crippen molar-refractivity contribution in [2.24, 2.45) is 17.8 Å². The normalized spacial score (nSPS) is 23.0. The molecular formula is C33H34N2O4. The van der Waals surface area contributed by atoms with Gasteiger partial charge < -0.3 is 15.0 Å². The van der Waals surface area contributed by atoms with Gasteiger partial charge in [-0.1, -0.05) is 61.5 Å². The average Bonchev–Trinajstić information content (AvgIpc) is 3.91. The van der Waals surface area contributed by atoms with Crippen molar-refractivity contribution < 1.29 is 19.1 Å². The highest BCUT2D eigenvalue weighted by atomic mass is 16.5. The number of carbonyl (C=O) groups is 3. The fourth-order valence-corrected chi connectivity index (χ4v) is 6.06. The van der Waals surface area contributed by atoms with Gasteiger partial charge in [-0.15, -0.1) is 0 Å². The van der Waals surface area contributed by atoms with Crippen LogP contribution in [0.3, 0.4) is 0 Å². The number of nitrogens with one attached hydrogen (secondary N) is 1. The first-order chi connectivity index (χ1) is 18.9. The summed E-state index contributed by atoms with van der Waals surface area (Å²) in [5.74, 6) is 0.860. The molecule has 39 heavy (non-hydrogen) atoms. The maximum atomic E-state index is 13.1. The highest BCUT2D eigenvalue weighted by molar-refractivity contribution is 5.91. The van der Waals surface area contributed by atoms with Crippen molar-refractivity contribution >= 4 is 17.8 Å². The van der Waals surface area contributed by atoms with E-state index in [0.29, 0.717) is 37.0 Å². The zero-order valence-corrected chi connectivity index (χ0v) is 22.5. The van der Waals surface area contributed by atoms with Crippen LogP contribution in [-0.4, -0.2) is 36.3 Å². The van der Waals surface area contributed by atoms with E-state index in [1.54, 1.807) is 6.07 Å². The molecule has 3 aliphatic rings. The van der Waals surface area contributed by atoms with E-state index in [1.807, 2.05) is 41.3 Å². The Bertz CT molecular complexity index is 1430. The van der Waals surface area contributed by atoms with Crippen molar-refractivity contribution in [3.05, 3.63) is 94.5 Å². The van der Waals surface area contributed by atoms with Crippen LogP contribution in [0.1, 0.15) is 58.3 Å². The van der Waals surface area contributed by atoms with Gasteiger partial charge >= 0.3 is 5.97 Å². The van der Waals surface area contributed by atoms with Gasteiger partial charge in [0.15, 0.2) is 0 Å². The van der Waals surface area contributed by atoms with Crippen LogP contribution in [0.5, 0.6) is 0 Å². The molecule has 6 heteroatoms. The number of carbonyl (C=O) groups excluding carboxylic acids is 3. The number of esters is 1. The molecule has 6 nitrogen and oxygen atoms in total. The number of amides is 2. The topological polar surface area (TPSA) is 75.7 Å². The molecule has 0 spiro atoms. The minimum Gasteiger partial charge on any atom is -0.465 e. The summed E-state index contributed by atoms with van der Waals surface area (Å²) in [6.07, 6.45) is 2.58. The molecule has 2 amide bonds. The van der Waals surface area contributed by atoms with Gasteiger partial charge in [0.25, 0.3) is 0 Å². The molecule has 3 aromatic carbocycles. The number of rotatable bonds is 7. The van der Waals surface area contributed by atoms with Crippen molar-refractivity contribution in [3.8, 4) is 11.1 Å². The highest BCUT2D eigenvalue weighted by Gasteiger charge is 2.44. The molecule has 200 valence electrons. The summed E-state index contributed by atoms with van der Waals surface area (Å²) in [6, 6.07) is 21.9. The van der Waals surface area contributed by atoms with Crippen LogP contribution >= 0.6 is 0 Å². The van der Waals surface area contributed by atoms with Gasteiger partial charge in [0, 0.05) is 31.5 Å². The Labute approximate surface area is 229 Å². The van der Waals surface area contributed by atoms with Crippen LogP contribution in [-0.2, 0) is 33.8 Å². The molecule has 6 rings (SSSR count). The fraction of sp³-hybridized carbons (Fsp3) is 0.364. The molecule has 3 aromatic rings. The molecule has 0 aromatic heterocycles. The number of hydrogen-bond acceptors (Lipinski definition) is 4. The van der Waals surface area contributed by atoms with Crippen LogP contribution in [0.2, 0.25) is 0 Å². The van der Waals surface area contributed by atoms with Crippen molar-refractivity contribution in [2.45, 2.75) is 45.2 Å². The van der Waals surface area contributed by atoms with Crippen molar-refractivity contribution in [3.63, 3.8) is 0 Å². The summed E-state index contributed by atoms with van der Waals surface area (Å²) in [6.45, 7) is 3.79. The molecule has 1 N–H and O–H groups in total. The SMILES string of the molecule is COC(=O)c1cccc(-c2ccc(CNC(=O)[C@H]3C[C@H]3c3ccccc3)c3c2CCN(C(=O)C2CC2C)C3)c1. The lowest BCUT2D eigenvalue weighted by atomic mass is 9.87. The lowest BCUT2D eigenvalue weighted by Crippen LogP contribution is -2.38. The van der Waals surface area contributed by atoms with Crippen molar-refractivity contribution in [1.82, 2.24) is 10.2 Å². The Morgan fingerprint density at radius 1 is 0.949 bits per heavy atom. The third kappa shape index (κ3) is 5.08. The molecule has 2 fully saturated rings. The molecule has 2 unspecified atom stereocenters. The molecule has 1 heterocycles. The monoisotopic (exact) mass is 522 g/mol. The molecule has 4 atom stereocenters. The third-order valence-electron chi connectivity index (χ3n) is 8.65. The average molecular weight is 523 g/mol. The van der Waals surface area contributed by atoms with Crippen molar-refractivity contribution in [1.29, 1.82) is 0 Å². The quantitative estimate of drug-likeness (QED) is 0.438. The second kappa shape index (κ2) is 10.3. The number of fused-ring (bicyclic) bond motifs is 1. The molecule has 2 aliphatic carbocycles. The number of methoxy groups -OCH3 is 1. The largest absolute Gasteiger partial charge is 0.465 e. The van der Waals surface area contributed by atoms with Gasteiger partial charge in [-0.05, 0) is 76.6 Å². The van der Waals surface area contributed by atoms with Crippen LogP contribution in [0.4, 0.5) is 0 Å². The summed E-state index contributed by atoms with van der Waals surface area (Å²) in [5, 5.41) is 3.18. The molecular weight excluding hydrogens is 488 g/mol. The van der Waals surface area contributed by atoms with E-state index in [0.717, 1.165) is 41.5 Å². The maximum absolute atomic E-state index is 13.1. The summed E-state index contributed by atoms with van der Waals surface area (Å²) in [5.41, 5.74) is 7.08. The number of nitrogens with zero attached hydrogens (tertiary/aromatic N) is 1. The van der Waals surface area contributed by atoms with Gasteiger partial charge in [0.2, 0.25) is 11.8 Å². The Morgan fingerprint density at radius 2 is 1.74 bits per heavy atom. The lowest BCUT2D eigenvalue weighted by Gasteiger charge is -2.32. The minimum absolute atomic E-state index is 0.0120. The predicted octanol–water partition coefficient (Wildman–Crippen LogP) is 5.10. The molecule has 2 saturated carbocycles. The minimum atomic E-state index is -0.366. The van der Waals surface area contributed by atoms with Gasteiger partial charge in [-0.2, -0.15) is 0 Å². The zero-order chi connectivity index (χ0) is 27.1. The number of ether oxygens (including phenoxy) is 1. The van der Waals surface area contributed by atoms with Gasteiger partial charge in [-0.25, -0.2) is 4.79 Å². The van der Waals surface area contributed by atoms with Gasteiger partial charge in [0.05, 0.1) is 12.7 Å². The van der Waals surface area contributed by atoms with E-state index < -0.39 is 0 Å². The summed E-state index contributed by atoms with van der Waals surface area (Å²) in [4.78, 5) is 40.3. The Morgan fingerprint density at radius 3 is 2.49 bits per heavy atom. The second-order valence-electron chi connectivity index (χ2n) is 11.2. The Kier molecular flexibility index (Phi) is 6.71. The first-order valence-corrected chi connectivity index (χ1v) is 13.9. The second-order valence-corrected chi connectivity index (χ2v) is 11.2. The predicted molar refractivity (Wildman–Crippen MR) is 149 cm³/mol. The molecule has 0 saturated heterocycles. The van der Waals surface area contributed by atoms with Crippen LogP contribution in [0.15, 0.2) is 66.7 Å². The maximum Gasteiger partial charge on any atom is 0.337 e. The van der Waals surface area contributed by atoms with E-state index >= 15 is 0 Å². The summed E-state index contributed by atoms with van der Waals surface area (Å²) in [7, 11) is 1.38. The van der Waals surface area contributed by atoms with Crippen LogP contribution in [0, 0.1) is 17.8 Å². The van der Waals surface area contributed by atoms with Crippen LogP contribution in [0.25, 0.3) is 11.1 Å². The highest BCUT2D eigenvalue weighted by Crippen LogP contribution is 2.47. The smallest absolute Gasteiger partial charge is 0.337 e. The number of hydrogen-bond donors (Lipinski definition) is 1. The molecule has 0 bridgehead atoms. The van der Waals surface area contributed by atoms with E-state index in [-0.39, 0.29) is 29.6 Å². The first kappa shape index (κ1) is 25.4. The lowest BCUT2D eigenvalue weighted by molar-refractivity contribution is -0.133. The molecule has 0 radical (unpaired) electrons. The first-order valence-electron chi connectivity index (χ1n) is 13.9. The fourth-order valence-electron chi connectivity index (χ4n) is 6.06. The third-order valence-corrected chi connectivity index (χ3v) is 8.65. The van der Waals surface area contributed by atoms with E-state index in [2.05, 4.69) is 36.5 Å². The van der Waals surface area contributed by atoms with Crippen molar-refractivity contribution in [2.75, 3.05) is 13.7 Å². The Balaban J connectivity index is 1.26.